The third kappa shape index (κ3) is 5.03. The van der Waals surface area contributed by atoms with Gasteiger partial charge in [0.1, 0.15) is 6.54 Å². The van der Waals surface area contributed by atoms with E-state index in [4.69, 9.17) is 0 Å². The van der Waals surface area contributed by atoms with Crippen molar-refractivity contribution in [2.75, 3.05) is 18.0 Å². The maximum absolute atomic E-state index is 12.6. The molecule has 1 aromatic carbocycles. The molecule has 1 rings (SSSR count). The third-order valence-electron chi connectivity index (χ3n) is 2.65. The standard InChI is InChI=1S/C13H17BrF3NO/c1-3-6-18(8-13(15,16)17)12-7-10(14)4-5-11(12)9(2)19/h4-5,7,9,19H,3,6,8H2,1-2H3. The molecule has 1 atom stereocenters. The average Bonchev–Trinajstić information content (AvgIpc) is 2.26. The second kappa shape index (κ2) is 6.61. The zero-order valence-corrected chi connectivity index (χ0v) is 12.4. The van der Waals surface area contributed by atoms with Gasteiger partial charge in [-0.2, -0.15) is 13.2 Å². The van der Waals surface area contributed by atoms with Gasteiger partial charge in [-0.25, -0.2) is 0 Å². The third-order valence-corrected chi connectivity index (χ3v) is 3.14. The van der Waals surface area contributed by atoms with E-state index in [-0.39, 0.29) is 6.54 Å². The first-order valence-corrected chi connectivity index (χ1v) is 6.83. The van der Waals surface area contributed by atoms with Gasteiger partial charge in [0.25, 0.3) is 0 Å². The van der Waals surface area contributed by atoms with Gasteiger partial charge in [-0.05, 0) is 25.5 Å². The van der Waals surface area contributed by atoms with Crippen molar-refractivity contribution in [3.05, 3.63) is 28.2 Å². The first-order chi connectivity index (χ1) is 8.74. The summed E-state index contributed by atoms with van der Waals surface area (Å²) in [6.45, 7) is 2.64. The number of aliphatic hydroxyl groups excluding tert-OH is 1. The number of hydrogen-bond donors (Lipinski definition) is 1. The lowest BCUT2D eigenvalue weighted by Gasteiger charge is -2.28. The van der Waals surface area contributed by atoms with Gasteiger partial charge in [-0.15, -0.1) is 0 Å². The zero-order valence-electron chi connectivity index (χ0n) is 10.8. The Bertz CT molecular complexity index is 421. The number of rotatable bonds is 5. The molecule has 0 spiro atoms. The molecule has 2 nitrogen and oxygen atoms in total. The van der Waals surface area contributed by atoms with Crippen molar-refractivity contribution < 1.29 is 18.3 Å². The fraction of sp³-hybridized carbons (Fsp3) is 0.538. The molecule has 0 aliphatic heterocycles. The fourth-order valence-corrected chi connectivity index (χ4v) is 2.26. The summed E-state index contributed by atoms with van der Waals surface area (Å²) in [5, 5.41) is 9.69. The first kappa shape index (κ1) is 16.3. The van der Waals surface area contributed by atoms with Crippen molar-refractivity contribution in [1.82, 2.24) is 0 Å². The van der Waals surface area contributed by atoms with Crippen LogP contribution in [0.5, 0.6) is 0 Å². The Morgan fingerprint density at radius 3 is 2.47 bits per heavy atom. The molecule has 19 heavy (non-hydrogen) atoms. The molecular formula is C13H17BrF3NO. The minimum atomic E-state index is -4.27. The van der Waals surface area contributed by atoms with Crippen LogP contribution in [0.3, 0.4) is 0 Å². The molecule has 0 heterocycles. The summed E-state index contributed by atoms with van der Waals surface area (Å²) < 4.78 is 38.6. The number of halogens is 4. The summed E-state index contributed by atoms with van der Waals surface area (Å²) in [5.41, 5.74) is 0.921. The lowest BCUT2D eigenvalue weighted by molar-refractivity contribution is -0.119. The van der Waals surface area contributed by atoms with E-state index in [0.717, 1.165) is 0 Å². The summed E-state index contributed by atoms with van der Waals surface area (Å²) in [6.07, 6.45) is -4.48. The molecule has 0 amide bonds. The van der Waals surface area contributed by atoms with Crippen molar-refractivity contribution >= 4 is 21.6 Å². The predicted molar refractivity (Wildman–Crippen MR) is 73.3 cm³/mol. The van der Waals surface area contributed by atoms with Gasteiger partial charge in [0.05, 0.1) is 6.10 Å². The molecule has 1 aromatic rings. The van der Waals surface area contributed by atoms with Crippen molar-refractivity contribution in [3.8, 4) is 0 Å². The number of nitrogens with zero attached hydrogens (tertiary/aromatic N) is 1. The molecule has 0 saturated heterocycles. The fourth-order valence-electron chi connectivity index (χ4n) is 1.91. The number of benzene rings is 1. The van der Waals surface area contributed by atoms with Gasteiger partial charge < -0.3 is 10.0 Å². The Balaban J connectivity index is 3.16. The van der Waals surface area contributed by atoms with E-state index in [1.54, 1.807) is 25.1 Å². The molecular weight excluding hydrogens is 323 g/mol. The lowest BCUT2D eigenvalue weighted by atomic mass is 10.1. The summed E-state index contributed by atoms with van der Waals surface area (Å²) in [6, 6.07) is 4.97. The van der Waals surface area contributed by atoms with Crippen molar-refractivity contribution in [2.45, 2.75) is 32.5 Å². The van der Waals surface area contributed by atoms with Crippen LogP contribution < -0.4 is 4.90 Å². The minimum Gasteiger partial charge on any atom is -0.389 e. The Labute approximate surface area is 119 Å². The van der Waals surface area contributed by atoms with Crippen LogP contribution in [0.15, 0.2) is 22.7 Å². The minimum absolute atomic E-state index is 0.287. The van der Waals surface area contributed by atoms with Gasteiger partial charge in [0.2, 0.25) is 0 Å². The first-order valence-electron chi connectivity index (χ1n) is 6.03. The second-order valence-corrected chi connectivity index (χ2v) is 5.33. The highest BCUT2D eigenvalue weighted by atomic mass is 79.9. The largest absolute Gasteiger partial charge is 0.405 e. The van der Waals surface area contributed by atoms with Gasteiger partial charge in [-0.3, -0.25) is 0 Å². The summed E-state index contributed by atoms with van der Waals surface area (Å²) in [5.74, 6) is 0. The Morgan fingerprint density at radius 1 is 1.37 bits per heavy atom. The lowest BCUT2D eigenvalue weighted by Crippen LogP contribution is -2.35. The Morgan fingerprint density at radius 2 is 2.00 bits per heavy atom. The van der Waals surface area contributed by atoms with Gasteiger partial charge in [-0.1, -0.05) is 28.9 Å². The SMILES string of the molecule is CCCN(CC(F)(F)F)c1cc(Br)ccc1C(C)O. The molecule has 0 saturated carbocycles. The number of aliphatic hydroxyl groups is 1. The molecule has 0 bridgehead atoms. The monoisotopic (exact) mass is 339 g/mol. The van der Waals surface area contributed by atoms with Crippen molar-refractivity contribution in [1.29, 1.82) is 0 Å². The van der Waals surface area contributed by atoms with E-state index in [1.165, 1.54) is 4.90 Å². The van der Waals surface area contributed by atoms with Gasteiger partial charge >= 0.3 is 6.18 Å². The van der Waals surface area contributed by atoms with Crippen LogP contribution in [-0.2, 0) is 0 Å². The molecule has 108 valence electrons. The normalized spacial score (nSPS) is 13.4. The van der Waals surface area contributed by atoms with Crippen LogP contribution in [-0.4, -0.2) is 24.4 Å². The van der Waals surface area contributed by atoms with E-state index in [2.05, 4.69) is 15.9 Å². The van der Waals surface area contributed by atoms with E-state index < -0.39 is 18.8 Å². The number of alkyl halides is 3. The smallest absolute Gasteiger partial charge is 0.389 e. The molecule has 0 aliphatic rings. The van der Waals surface area contributed by atoms with Crippen LogP contribution in [0.2, 0.25) is 0 Å². The molecule has 0 radical (unpaired) electrons. The predicted octanol–water partition coefficient (Wildman–Crippen LogP) is 4.28. The van der Waals surface area contributed by atoms with Crippen molar-refractivity contribution in [3.63, 3.8) is 0 Å². The summed E-state index contributed by atoms with van der Waals surface area (Å²) in [4.78, 5) is 1.26. The molecule has 6 heteroatoms. The average molecular weight is 340 g/mol. The topological polar surface area (TPSA) is 23.5 Å². The van der Waals surface area contributed by atoms with Crippen LogP contribution in [0, 0.1) is 0 Å². The van der Waals surface area contributed by atoms with Crippen molar-refractivity contribution in [2.24, 2.45) is 0 Å². The molecule has 0 fully saturated rings. The maximum atomic E-state index is 12.6. The highest BCUT2D eigenvalue weighted by molar-refractivity contribution is 9.10. The van der Waals surface area contributed by atoms with Crippen LogP contribution in [0.25, 0.3) is 0 Å². The van der Waals surface area contributed by atoms with Crippen LogP contribution in [0.4, 0.5) is 18.9 Å². The zero-order chi connectivity index (χ0) is 14.6. The Kier molecular flexibility index (Phi) is 5.67. The van der Waals surface area contributed by atoms with E-state index in [1.807, 2.05) is 6.92 Å². The summed E-state index contributed by atoms with van der Waals surface area (Å²) in [7, 11) is 0. The van der Waals surface area contributed by atoms with Gasteiger partial charge in [0, 0.05) is 22.3 Å². The summed E-state index contributed by atoms with van der Waals surface area (Å²) >= 11 is 3.25. The molecule has 0 aliphatic carbocycles. The van der Waals surface area contributed by atoms with Crippen LogP contribution in [0.1, 0.15) is 31.9 Å². The van der Waals surface area contributed by atoms with Crippen LogP contribution >= 0.6 is 15.9 Å². The number of anilines is 1. The van der Waals surface area contributed by atoms with Gasteiger partial charge in [0.15, 0.2) is 0 Å². The number of hydrogen-bond acceptors (Lipinski definition) is 2. The van der Waals surface area contributed by atoms with E-state index >= 15 is 0 Å². The second-order valence-electron chi connectivity index (χ2n) is 4.42. The molecule has 1 N–H and O–H groups in total. The maximum Gasteiger partial charge on any atom is 0.405 e. The molecule has 0 aromatic heterocycles. The quantitative estimate of drug-likeness (QED) is 0.865. The highest BCUT2D eigenvalue weighted by Crippen LogP contribution is 2.32. The Hall–Kier alpha value is -0.750. The highest BCUT2D eigenvalue weighted by Gasteiger charge is 2.31. The van der Waals surface area contributed by atoms with E-state index in [9.17, 15) is 18.3 Å². The van der Waals surface area contributed by atoms with E-state index in [0.29, 0.717) is 22.1 Å². The molecule has 1 unspecified atom stereocenters.